The predicted octanol–water partition coefficient (Wildman–Crippen LogP) is 3.11. The molecular weight excluding hydrogens is 1390 g/mol. The number of unbranched alkanes of at least 4 members (excludes halogenated alkanes) is 2. The molecule has 40 heteroatoms. The van der Waals surface area contributed by atoms with Crippen LogP contribution in [-0.2, 0) is 47.0 Å². The highest BCUT2D eigenvalue weighted by molar-refractivity contribution is 8.77. The van der Waals surface area contributed by atoms with Gasteiger partial charge in [-0.15, -0.1) is 0 Å². The first-order chi connectivity index (χ1) is 43.2. The summed E-state index contributed by atoms with van der Waals surface area (Å²) in [7, 11) is -14.3. The molecule has 0 bridgehead atoms. The molecule has 1 aliphatic carbocycles. The van der Waals surface area contributed by atoms with Crippen molar-refractivity contribution in [2.75, 3.05) is 44.0 Å². The summed E-state index contributed by atoms with van der Waals surface area (Å²) < 4.78 is 48.7. The molecule has 2 heterocycles. The third-order valence-electron chi connectivity index (χ3n) is 13.8. The number of likely N-dealkylation sites (N-methyl/N-ethyl adjacent to an activating group) is 2. The number of hydrogen-bond donors (Lipinski definition) is 16. The average molecular weight is 1480 g/mol. The quantitative estimate of drug-likeness (QED) is 0.0136. The molecule has 2 aromatic rings. The zero-order valence-electron chi connectivity index (χ0n) is 53.9. The molecule has 6 amide bonds. The van der Waals surface area contributed by atoms with Crippen LogP contribution in [0.25, 0.3) is 32.7 Å². The Kier molecular flexibility index (Phi) is 29.4. The van der Waals surface area contributed by atoms with Gasteiger partial charge in [-0.1, -0.05) is 84.7 Å². The maximum absolute atomic E-state index is 15.3. The van der Waals surface area contributed by atoms with E-state index in [1.165, 1.54) is 69.4 Å². The second kappa shape index (κ2) is 33.8. The van der Waals surface area contributed by atoms with Crippen molar-refractivity contribution in [3.05, 3.63) is 48.6 Å². The fraction of sp³-hybridized carbons (Fsp3) is 0.630. The monoisotopic (exact) mass is 1480 g/mol. The largest absolute Gasteiger partial charge is 0.494 e. The van der Waals surface area contributed by atoms with Crippen LogP contribution in [-0.4, -0.2) is 172 Å². The highest BCUT2D eigenvalue weighted by Gasteiger charge is 2.47. The highest BCUT2D eigenvalue weighted by atomic mass is 33.1. The molecule has 1 aromatic carbocycles. The third-order valence-corrected chi connectivity index (χ3v) is 28.0. The van der Waals surface area contributed by atoms with Crippen molar-refractivity contribution in [2.45, 2.75) is 177 Å². The second-order valence-electron chi connectivity index (χ2n) is 24.7. The molecule has 94 heavy (non-hydrogen) atoms. The van der Waals surface area contributed by atoms with Gasteiger partial charge in [-0.05, 0) is 78.4 Å². The number of aromatic hydroxyl groups is 1. The van der Waals surface area contributed by atoms with Crippen molar-refractivity contribution in [1.82, 2.24) is 41.0 Å². The van der Waals surface area contributed by atoms with Gasteiger partial charge >= 0.3 is 30.4 Å². The van der Waals surface area contributed by atoms with Gasteiger partial charge < -0.3 is 81.5 Å². The van der Waals surface area contributed by atoms with Crippen LogP contribution in [0.1, 0.15) is 133 Å². The Labute approximate surface area is 557 Å². The van der Waals surface area contributed by atoms with Crippen molar-refractivity contribution in [1.29, 1.82) is 0 Å². The van der Waals surface area contributed by atoms with Gasteiger partial charge in [0.25, 0.3) is 16.7 Å². The zero-order valence-corrected chi connectivity index (χ0v) is 60.7. The van der Waals surface area contributed by atoms with Gasteiger partial charge in [0.2, 0.25) is 41.3 Å². The number of carbonyl (C=O) groups excluding carboxylic acids is 6. The standard InChI is InChI=1S/C54H86N10O22P4S4/c1-27(2)59-31-21-29-42-41-30(50(72)63(51(73)43(31)41)35(47(69)55-11)17-13-15-19-57-45(67)33(25-91-93-53(5,6)7)61-37(65)23-39(87(75,76)77)88(78,79)80)22-32(60-28(3)4)44(42)52(74)64(49(29)71)36(48(70)56-12)18-14-16-20-58-46(68)34(26-92-94-54(8,9)10)62-38(66)24-40(89(81,82)83)90(84,85)86/h21-22,27-28,33-36,39-40,59,71H,13-20,23-26H2,1-12H3,(H,55,69)(H,56,70)(H,57,67)(H,58,68)(H,61,65)(H,62,66)(H2,75,76,77)(H2,78,79,80)(H2,81,82,83)(H2,84,85,86)/t33-,34-,35-,36-/m0/s1. The lowest BCUT2D eigenvalue weighted by Gasteiger charge is -2.26. The van der Waals surface area contributed by atoms with Gasteiger partial charge in [-0.2, -0.15) is 0 Å². The first-order valence-corrected chi connectivity index (χ1v) is 40.8. The van der Waals surface area contributed by atoms with Crippen LogP contribution >= 0.6 is 73.6 Å². The molecule has 2 aliphatic rings. The summed E-state index contributed by atoms with van der Waals surface area (Å²) in [5.41, 5.74) is -3.07. The molecule has 0 saturated carbocycles. The van der Waals surface area contributed by atoms with E-state index in [2.05, 4.69) is 37.2 Å². The molecule has 528 valence electrons. The summed E-state index contributed by atoms with van der Waals surface area (Å²) in [5.74, 6) is -6.38. The zero-order chi connectivity index (χ0) is 71.6. The normalized spacial score (nSPS) is 14.4. The fourth-order valence-corrected chi connectivity index (χ4v) is 19.5. The van der Waals surface area contributed by atoms with E-state index in [0.717, 1.165) is 9.13 Å². The van der Waals surface area contributed by atoms with E-state index >= 15 is 14.4 Å². The number of nitrogens with one attached hydrogen (secondary N) is 7. The lowest BCUT2D eigenvalue weighted by molar-refractivity contribution is -0.128. The summed E-state index contributed by atoms with van der Waals surface area (Å²) in [5, 5.41) is 24.7. The average Bonchev–Trinajstić information content (AvgIpc) is 0.695. The number of benzene rings is 2. The molecule has 32 nitrogen and oxygen atoms in total. The van der Waals surface area contributed by atoms with Crippen LogP contribution in [0, 0.1) is 0 Å². The highest BCUT2D eigenvalue weighted by Crippen LogP contribution is 2.62. The van der Waals surface area contributed by atoms with E-state index in [1.54, 1.807) is 27.7 Å². The van der Waals surface area contributed by atoms with E-state index in [0.29, 0.717) is 0 Å². The Morgan fingerprint density at radius 3 is 1.34 bits per heavy atom. The molecule has 0 unspecified atom stereocenters. The predicted molar refractivity (Wildman–Crippen MR) is 365 cm³/mol. The molecule has 16 N–H and O–H groups in total. The minimum atomic E-state index is -5.49. The number of carbonyl (C=O) groups is 6. The molecule has 1 aliphatic heterocycles. The number of nitrogens with zero attached hydrogens (tertiary/aromatic N) is 3. The van der Waals surface area contributed by atoms with Gasteiger partial charge in [-0.3, -0.25) is 75.5 Å². The van der Waals surface area contributed by atoms with E-state index in [9.17, 15) is 91.3 Å². The summed E-state index contributed by atoms with van der Waals surface area (Å²) in [6.45, 7) is 17.9. The van der Waals surface area contributed by atoms with Crippen LogP contribution in [0.2, 0.25) is 0 Å². The Morgan fingerprint density at radius 1 is 0.564 bits per heavy atom. The smallest absolute Gasteiger partial charge is 0.341 e. The first-order valence-electron chi connectivity index (χ1n) is 29.5. The van der Waals surface area contributed by atoms with Crippen LogP contribution in [0.4, 0.5) is 5.69 Å². The van der Waals surface area contributed by atoms with Gasteiger partial charge in [0, 0.05) is 82.3 Å². The Balaban J connectivity index is 1.75. The lowest BCUT2D eigenvalue weighted by Crippen LogP contribution is -2.49. The second-order valence-corrected chi connectivity index (χ2v) is 39.0. The van der Waals surface area contributed by atoms with E-state index in [-0.39, 0.29) is 116 Å². The third kappa shape index (κ3) is 22.7. The van der Waals surface area contributed by atoms with Crippen molar-refractivity contribution in [3.8, 4) is 17.0 Å². The van der Waals surface area contributed by atoms with Gasteiger partial charge in [-0.25, -0.2) is 0 Å². The summed E-state index contributed by atoms with van der Waals surface area (Å²) in [4.78, 5) is 208. The van der Waals surface area contributed by atoms with Crippen molar-refractivity contribution >= 4 is 136 Å². The molecule has 0 radical (unpaired) electrons. The Hall–Kier alpha value is -4.60. The van der Waals surface area contributed by atoms with Gasteiger partial charge in [0.05, 0.1) is 34.5 Å². The minimum Gasteiger partial charge on any atom is -0.494 e. The summed E-state index contributed by atoms with van der Waals surface area (Å²) in [6, 6.07) is -3.99. The molecule has 0 spiro atoms. The number of amides is 6. The van der Waals surface area contributed by atoms with E-state index in [4.69, 9.17) is 4.99 Å². The summed E-state index contributed by atoms with van der Waals surface area (Å²) >= 11 is 0. The van der Waals surface area contributed by atoms with E-state index in [1.807, 2.05) is 41.5 Å². The van der Waals surface area contributed by atoms with Crippen LogP contribution < -0.4 is 59.3 Å². The van der Waals surface area contributed by atoms with E-state index < -0.39 is 148 Å². The van der Waals surface area contributed by atoms with Gasteiger partial charge in [0.1, 0.15) is 24.2 Å². The number of aromatic nitrogens is 2. The number of hydrogen-bond acceptors (Lipinski definition) is 20. The number of anilines is 1. The number of pyridine rings is 2. The molecular formula is C54H86N10O22P4S4. The van der Waals surface area contributed by atoms with Crippen molar-refractivity contribution < 1.29 is 91.3 Å². The molecule has 1 aromatic heterocycles. The number of rotatable bonds is 35. The maximum Gasteiger partial charge on any atom is 0.341 e. The Morgan fingerprint density at radius 2 is 0.968 bits per heavy atom. The molecule has 0 saturated heterocycles. The Bertz CT molecular complexity index is 3780. The molecule has 0 fully saturated rings. The fourth-order valence-electron chi connectivity index (χ4n) is 9.78. The minimum absolute atomic E-state index is 0.0556. The van der Waals surface area contributed by atoms with Crippen LogP contribution in [0.5, 0.6) is 5.88 Å². The van der Waals surface area contributed by atoms with Crippen LogP contribution in [0.3, 0.4) is 0 Å². The first kappa shape index (κ1) is 81.8. The molecule has 4 atom stereocenters. The van der Waals surface area contributed by atoms with Crippen LogP contribution in [0.15, 0.2) is 31.5 Å². The molecule has 4 rings (SSSR count). The summed E-state index contributed by atoms with van der Waals surface area (Å²) in [6.07, 6.45) is -2.55. The SMILES string of the molecule is CNC(=O)[C@H](CCCCNC(=O)[C@H](CSSC(C)(C)C)NC(=O)CC(P(=O)(O)O)P(=O)(O)O)n1c(O)c2cc(NC(C)C)c3c4c2c(c(=NC(C)C)cc-4c(=O)n([C@@H](CCCCNC(=O)[C@H](CSSC(C)(C)C)NC(=O)CC(P(=O)(O)O)P(=O)(O)O)C(=O)NC)c3=O)c1=O. The van der Waals surface area contributed by atoms with Crippen molar-refractivity contribution in [3.63, 3.8) is 0 Å². The maximum atomic E-state index is 15.3. The van der Waals surface area contributed by atoms with Crippen molar-refractivity contribution in [2.24, 2.45) is 4.99 Å². The topological polar surface area (TPSA) is 510 Å². The lowest BCUT2D eigenvalue weighted by atomic mass is 9.88. The van der Waals surface area contributed by atoms with Gasteiger partial charge in [0.15, 0.2) is 10.8 Å².